The first-order chi connectivity index (χ1) is 20.0. The van der Waals surface area contributed by atoms with Crippen LogP contribution in [0.25, 0.3) is 0 Å². The van der Waals surface area contributed by atoms with Crippen LogP contribution >= 0.6 is 11.6 Å². The number of aliphatic carboxylic acids is 2. The summed E-state index contributed by atoms with van der Waals surface area (Å²) in [6.07, 6.45) is 7.17. The molecule has 2 fully saturated rings. The number of rotatable bonds is 12. The lowest BCUT2D eigenvalue weighted by molar-refractivity contribution is -0.134. The number of fused-ring (bicyclic) bond motifs is 1. The van der Waals surface area contributed by atoms with Gasteiger partial charge in [0.2, 0.25) is 10.0 Å². The Morgan fingerprint density at radius 1 is 1.07 bits per heavy atom. The fourth-order valence-corrected chi connectivity index (χ4v) is 7.16. The first kappa shape index (κ1) is 31.9. The van der Waals surface area contributed by atoms with Crippen LogP contribution in [0.1, 0.15) is 48.3 Å². The average molecular weight is 623 g/mol. The minimum atomic E-state index is -3.23. The van der Waals surface area contributed by atoms with E-state index in [9.17, 15) is 22.4 Å². The van der Waals surface area contributed by atoms with Gasteiger partial charge >= 0.3 is 11.9 Å². The number of nitrogens with one attached hydrogen (secondary N) is 1. The molecule has 1 aliphatic heterocycles. The maximum Gasteiger partial charge on any atom is 0.328 e. The van der Waals surface area contributed by atoms with E-state index in [1.807, 2.05) is 12.1 Å². The Morgan fingerprint density at radius 2 is 1.79 bits per heavy atom. The van der Waals surface area contributed by atoms with Crippen molar-refractivity contribution < 1.29 is 37.3 Å². The molecule has 9 nitrogen and oxygen atoms in total. The molecule has 0 aromatic heterocycles. The fraction of sp³-hybridized carbons (Fsp3) is 0.467. The van der Waals surface area contributed by atoms with Crippen molar-refractivity contribution in [3.05, 3.63) is 76.1 Å². The van der Waals surface area contributed by atoms with E-state index in [2.05, 4.69) is 21.8 Å². The molecule has 3 N–H and O–H groups in total. The van der Waals surface area contributed by atoms with Gasteiger partial charge in [-0.3, -0.25) is 4.90 Å². The van der Waals surface area contributed by atoms with E-state index >= 15 is 0 Å². The fourth-order valence-electron chi connectivity index (χ4n) is 5.45. The number of carbonyl (C=O) groups is 2. The predicted molar refractivity (Wildman–Crippen MR) is 157 cm³/mol. The van der Waals surface area contributed by atoms with Gasteiger partial charge in [-0.2, -0.15) is 0 Å². The third-order valence-electron chi connectivity index (χ3n) is 7.64. The smallest absolute Gasteiger partial charge is 0.328 e. The number of likely N-dealkylation sites (tertiary alicyclic amines) is 1. The van der Waals surface area contributed by atoms with Crippen LogP contribution in [0.3, 0.4) is 0 Å². The van der Waals surface area contributed by atoms with Crippen LogP contribution in [0.4, 0.5) is 4.39 Å². The number of carboxylic acids is 2. The number of carboxylic acid groups (broad SMARTS) is 2. The van der Waals surface area contributed by atoms with E-state index in [0.29, 0.717) is 29.1 Å². The van der Waals surface area contributed by atoms with Gasteiger partial charge in [0.05, 0.1) is 5.75 Å². The number of hydrogen-bond donors (Lipinski definition) is 3. The molecule has 1 saturated heterocycles. The maximum atomic E-state index is 14.0. The van der Waals surface area contributed by atoms with Crippen LogP contribution in [0.5, 0.6) is 5.75 Å². The molecule has 3 aliphatic rings. The third-order valence-corrected chi connectivity index (χ3v) is 9.41. The standard InChI is InChI=1S/C26H32ClFN2O3S.C4H4O4/c27-21-12-19(13-22(28)15-21)14-25-24-16-23(33-11-8-29-34(31,32)17-18-2-3-18)6-4-20(24)5-7-26(25)30-9-1-10-30;5-3(6)1-2-4(7)8/h4,6,12-13,15-16,18,25-26,29H,1-3,5,7-11,14,17H2;1-2H,(H,5,6)(H,7,8)/b;2-1+. The van der Waals surface area contributed by atoms with Gasteiger partial charge in [-0.25, -0.2) is 27.1 Å². The highest BCUT2D eigenvalue weighted by Gasteiger charge is 2.36. The first-order valence-corrected chi connectivity index (χ1v) is 16.1. The Kier molecular flexibility index (Phi) is 11.0. The molecule has 228 valence electrons. The molecule has 42 heavy (non-hydrogen) atoms. The molecule has 1 heterocycles. The number of nitrogens with zero attached hydrogens (tertiary/aromatic N) is 1. The molecule has 1 saturated carbocycles. The second kappa shape index (κ2) is 14.5. The van der Waals surface area contributed by atoms with Crippen molar-refractivity contribution >= 4 is 33.6 Å². The summed E-state index contributed by atoms with van der Waals surface area (Å²) in [5.41, 5.74) is 3.46. The summed E-state index contributed by atoms with van der Waals surface area (Å²) in [6, 6.07) is 11.4. The molecule has 2 atom stereocenters. The highest BCUT2D eigenvalue weighted by Crippen LogP contribution is 2.40. The zero-order valence-corrected chi connectivity index (χ0v) is 24.7. The van der Waals surface area contributed by atoms with Crippen LogP contribution < -0.4 is 9.46 Å². The Labute approximate surface area is 250 Å². The molecule has 0 spiro atoms. The van der Waals surface area contributed by atoms with Gasteiger partial charge in [-0.1, -0.05) is 17.7 Å². The lowest BCUT2D eigenvalue weighted by Crippen LogP contribution is -2.49. The highest BCUT2D eigenvalue weighted by atomic mass is 35.5. The van der Waals surface area contributed by atoms with Crippen LogP contribution in [-0.2, 0) is 32.5 Å². The third kappa shape index (κ3) is 9.79. The lowest BCUT2D eigenvalue weighted by Gasteiger charge is -2.45. The molecule has 2 aromatic rings. The van der Waals surface area contributed by atoms with Gasteiger partial charge in [0.25, 0.3) is 0 Å². The summed E-state index contributed by atoms with van der Waals surface area (Å²) in [7, 11) is -3.23. The summed E-state index contributed by atoms with van der Waals surface area (Å²) in [5.74, 6) is -1.31. The Bertz CT molecular complexity index is 1370. The van der Waals surface area contributed by atoms with Crippen molar-refractivity contribution in [2.24, 2.45) is 5.92 Å². The van der Waals surface area contributed by atoms with Gasteiger partial charge in [0, 0.05) is 35.7 Å². The second-order valence-corrected chi connectivity index (χ2v) is 13.2. The van der Waals surface area contributed by atoms with E-state index in [1.165, 1.54) is 23.6 Å². The summed E-state index contributed by atoms with van der Waals surface area (Å²) in [4.78, 5) is 21.6. The van der Waals surface area contributed by atoms with Crippen LogP contribution in [-0.4, -0.2) is 73.5 Å². The highest BCUT2D eigenvalue weighted by molar-refractivity contribution is 7.89. The van der Waals surface area contributed by atoms with Gasteiger partial charge in [0.1, 0.15) is 18.2 Å². The van der Waals surface area contributed by atoms with E-state index in [0.717, 1.165) is 56.5 Å². The number of hydrogen-bond acceptors (Lipinski definition) is 6. The van der Waals surface area contributed by atoms with Gasteiger partial charge in [-0.15, -0.1) is 0 Å². The SMILES string of the molecule is O=C(O)/C=C/C(=O)O.O=S(=O)(CC1CC1)NCCOc1ccc2c(c1)C(Cc1cc(F)cc(Cl)c1)C(N1CCC1)CC2. The van der Waals surface area contributed by atoms with Gasteiger partial charge < -0.3 is 14.9 Å². The van der Waals surface area contributed by atoms with Crippen molar-refractivity contribution in [2.75, 3.05) is 32.0 Å². The molecule has 5 rings (SSSR count). The Balaban J connectivity index is 0.000000446. The van der Waals surface area contributed by atoms with Crippen molar-refractivity contribution in [1.29, 1.82) is 0 Å². The predicted octanol–water partition coefficient (Wildman–Crippen LogP) is 4.25. The monoisotopic (exact) mass is 622 g/mol. The van der Waals surface area contributed by atoms with E-state index in [-0.39, 0.29) is 30.6 Å². The number of ether oxygens (including phenoxy) is 1. The molecule has 12 heteroatoms. The van der Waals surface area contributed by atoms with Crippen LogP contribution in [0.2, 0.25) is 5.02 Å². The van der Waals surface area contributed by atoms with Crippen molar-refractivity contribution in [1.82, 2.24) is 9.62 Å². The number of halogens is 2. The average Bonchev–Trinajstić information content (AvgIpc) is 3.69. The van der Waals surface area contributed by atoms with E-state index in [4.69, 9.17) is 26.6 Å². The topological polar surface area (TPSA) is 133 Å². The molecular weight excluding hydrogens is 587 g/mol. The van der Waals surface area contributed by atoms with E-state index < -0.39 is 22.0 Å². The molecule has 0 amide bonds. The molecule has 0 radical (unpaired) electrons. The molecule has 0 bridgehead atoms. The van der Waals surface area contributed by atoms with Gasteiger partial charge in [0.15, 0.2) is 0 Å². The number of aryl methyl sites for hydroxylation is 1. The molecule has 2 unspecified atom stereocenters. The van der Waals surface area contributed by atoms with Crippen LogP contribution in [0.15, 0.2) is 48.6 Å². The summed E-state index contributed by atoms with van der Waals surface area (Å²) >= 11 is 6.15. The molecule has 2 aliphatic carbocycles. The van der Waals surface area contributed by atoms with Crippen molar-refractivity contribution in [3.63, 3.8) is 0 Å². The summed E-state index contributed by atoms with van der Waals surface area (Å²) < 4.78 is 46.8. The number of benzene rings is 2. The normalized spacial score (nSPS) is 20.2. The van der Waals surface area contributed by atoms with Gasteiger partial charge in [-0.05, 0) is 105 Å². The molecule has 2 aromatic carbocycles. The van der Waals surface area contributed by atoms with Crippen LogP contribution in [0, 0.1) is 11.7 Å². The Morgan fingerprint density at radius 3 is 2.38 bits per heavy atom. The van der Waals surface area contributed by atoms with Crippen molar-refractivity contribution in [2.45, 2.75) is 50.5 Å². The second-order valence-electron chi connectivity index (χ2n) is 10.9. The lowest BCUT2D eigenvalue weighted by atomic mass is 9.75. The maximum absolute atomic E-state index is 14.0. The Hall–Kier alpha value is -2.99. The largest absolute Gasteiger partial charge is 0.492 e. The van der Waals surface area contributed by atoms with E-state index in [1.54, 1.807) is 6.07 Å². The minimum Gasteiger partial charge on any atom is -0.492 e. The number of sulfonamides is 1. The minimum absolute atomic E-state index is 0.218. The summed E-state index contributed by atoms with van der Waals surface area (Å²) in [6.45, 7) is 2.76. The van der Waals surface area contributed by atoms with Crippen molar-refractivity contribution in [3.8, 4) is 5.75 Å². The zero-order valence-electron chi connectivity index (χ0n) is 23.2. The first-order valence-electron chi connectivity index (χ1n) is 14.0. The molecular formula is C30H36ClFN2O7S. The quantitative estimate of drug-likeness (QED) is 0.236. The zero-order chi connectivity index (χ0) is 30.3. The summed E-state index contributed by atoms with van der Waals surface area (Å²) in [5, 5.41) is 16.0.